The highest BCUT2D eigenvalue weighted by molar-refractivity contribution is 7.99. The lowest BCUT2D eigenvalue weighted by Crippen LogP contribution is -2.34. The largest absolute Gasteiger partial charge is 0.342 e. The van der Waals surface area contributed by atoms with Crippen LogP contribution in [0.15, 0.2) is 35.5 Å². The quantitative estimate of drug-likeness (QED) is 0.247. The molecule has 0 fully saturated rings. The van der Waals surface area contributed by atoms with Crippen molar-refractivity contribution in [1.29, 1.82) is 0 Å². The zero-order valence-corrected chi connectivity index (χ0v) is 24.0. The number of rotatable bonds is 9. The molecule has 0 aliphatic rings. The number of anilines is 1. The van der Waals surface area contributed by atoms with Gasteiger partial charge in [0.05, 0.1) is 38.1 Å². The van der Waals surface area contributed by atoms with Crippen molar-refractivity contribution in [2.75, 3.05) is 11.1 Å². The molecule has 7 nitrogen and oxygen atoms in total. The molecule has 0 saturated heterocycles. The monoisotopic (exact) mass is 607 g/mol. The van der Waals surface area contributed by atoms with E-state index in [-0.39, 0.29) is 44.2 Å². The van der Waals surface area contributed by atoms with Crippen LogP contribution in [0.1, 0.15) is 43.0 Å². The second-order valence-electron chi connectivity index (χ2n) is 7.99. The molecular weight excluding hydrogens is 588 g/mol. The summed E-state index contributed by atoms with van der Waals surface area (Å²) in [5, 5.41) is 16.3. The van der Waals surface area contributed by atoms with E-state index in [4.69, 9.17) is 58.0 Å². The first-order chi connectivity index (χ1) is 17.0. The average Bonchev–Trinajstić information content (AvgIpc) is 3.20. The van der Waals surface area contributed by atoms with Crippen LogP contribution in [0.2, 0.25) is 25.1 Å². The molecule has 0 unspecified atom stereocenters. The Hall–Kier alpha value is -1.68. The first kappa shape index (κ1) is 28.9. The van der Waals surface area contributed by atoms with E-state index in [0.717, 1.165) is 0 Å². The van der Waals surface area contributed by atoms with E-state index in [0.29, 0.717) is 33.1 Å². The van der Waals surface area contributed by atoms with Crippen molar-refractivity contribution in [3.8, 4) is 0 Å². The van der Waals surface area contributed by atoms with Gasteiger partial charge in [-0.05, 0) is 43.2 Å². The molecule has 13 heteroatoms. The molecule has 0 spiro atoms. The van der Waals surface area contributed by atoms with E-state index in [9.17, 15) is 9.59 Å². The molecule has 0 aliphatic heterocycles. The van der Waals surface area contributed by atoms with Crippen LogP contribution in [-0.4, -0.2) is 32.3 Å². The van der Waals surface area contributed by atoms with Crippen LogP contribution in [0.4, 0.5) is 5.69 Å². The van der Waals surface area contributed by atoms with Crippen LogP contribution in [0, 0.1) is 5.92 Å². The minimum Gasteiger partial charge on any atom is -0.342 e. The number of nitrogens with zero attached hydrogens (tertiary/aromatic N) is 3. The fourth-order valence-corrected chi connectivity index (χ4v) is 5.54. The second-order valence-corrected chi connectivity index (χ2v) is 11.0. The van der Waals surface area contributed by atoms with Crippen molar-refractivity contribution in [2.24, 2.45) is 5.92 Å². The Labute approximate surface area is 238 Å². The zero-order chi connectivity index (χ0) is 26.6. The van der Waals surface area contributed by atoms with Crippen molar-refractivity contribution >= 4 is 87.3 Å². The molecule has 36 heavy (non-hydrogen) atoms. The molecular formula is C23H22Cl5N5O2S. The molecule has 0 radical (unpaired) electrons. The number of benzene rings is 2. The van der Waals surface area contributed by atoms with E-state index < -0.39 is 6.04 Å². The molecule has 0 bridgehead atoms. The van der Waals surface area contributed by atoms with Crippen molar-refractivity contribution in [3.05, 3.63) is 66.8 Å². The van der Waals surface area contributed by atoms with Crippen LogP contribution < -0.4 is 10.6 Å². The van der Waals surface area contributed by atoms with E-state index in [2.05, 4.69) is 20.8 Å². The normalized spacial score (nSPS) is 12.0. The SMILES string of the molecule is CCn1c(SCC(=O)Nc2c(Cl)cc(Cl)cc2Cl)nnc1[C@H](NC(=O)c1ccc(Cl)cc1Cl)C(C)C. The number of thioether (sulfide) groups is 1. The summed E-state index contributed by atoms with van der Waals surface area (Å²) < 4.78 is 1.86. The van der Waals surface area contributed by atoms with E-state index >= 15 is 0 Å². The van der Waals surface area contributed by atoms with Gasteiger partial charge in [0.2, 0.25) is 5.91 Å². The number of amides is 2. The summed E-state index contributed by atoms with van der Waals surface area (Å²) in [5.74, 6) is -0.0924. The molecule has 2 aromatic carbocycles. The molecule has 1 heterocycles. The number of hydrogen-bond donors (Lipinski definition) is 2. The molecule has 2 N–H and O–H groups in total. The maximum absolute atomic E-state index is 13.0. The standard InChI is InChI=1S/C23H22Cl5N5O2S/c1-4-33-21(19(11(2)3)30-22(35)14-6-5-12(24)7-15(14)26)31-32-23(33)36-10-18(34)29-20-16(27)8-13(25)9-17(20)28/h5-9,11,19H,4,10H2,1-3H3,(H,29,34)(H,30,35)/t19-/m1/s1. The lowest BCUT2D eigenvalue weighted by atomic mass is 10.0. The van der Waals surface area contributed by atoms with Crippen LogP contribution in [0.3, 0.4) is 0 Å². The summed E-state index contributed by atoms with van der Waals surface area (Å²) >= 11 is 31.6. The minimum absolute atomic E-state index is 0.00939. The van der Waals surface area contributed by atoms with Gasteiger partial charge >= 0.3 is 0 Å². The van der Waals surface area contributed by atoms with Crippen molar-refractivity contribution in [2.45, 2.75) is 38.5 Å². The van der Waals surface area contributed by atoms with Gasteiger partial charge in [-0.25, -0.2) is 0 Å². The van der Waals surface area contributed by atoms with Crippen LogP contribution in [0.5, 0.6) is 0 Å². The topological polar surface area (TPSA) is 88.9 Å². The predicted octanol–water partition coefficient (Wildman–Crippen LogP) is 7.42. The Morgan fingerprint density at radius 3 is 2.19 bits per heavy atom. The second kappa shape index (κ2) is 12.7. The van der Waals surface area contributed by atoms with Crippen molar-refractivity contribution in [3.63, 3.8) is 0 Å². The smallest absolute Gasteiger partial charge is 0.253 e. The number of hydrogen-bond acceptors (Lipinski definition) is 5. The molecule has 2 amide bonds. The summed E-state index contributed by atoms with van der Waals surface area (Å²) in [6.07, 6.45) is 0. The Bertz CT molecular complexity index is 1260. The van der Waals surface area contributed by atoms with Crippen LogP contribution >= 0.6 is 69.8 Å². The molecule has 1 aromatic heterocycles. The zero-order valence-electron chi connectivity index (χ0n) is 19.4. The fourth-order valence-electron chi connectivity index (χ4n) is 3.32. The predicted molar refractivity (Wildman–Crippen MR) is 148 cm³/mol. The molecule has 3 aromatic rings. The van der Waals surface area contributed by atoms with Gasteiger partial charge < -0.3 is 15.2 Å². The highest BCUT2D eigenvalue weighted by Crippen LogP contribution is 2.34. The molecule has 1 atom stereocenters. The fraction of sp³-hybridized carbons (Fsp3) is 0.304. The maximum Gasteiger partial charge on any atom is 0.253 e. The number of carbonyl (C=O) groups is 2. The number of halogens is 5. The molecule has 192 valence electrons. The summed E-state index contributed by atoms with van der Waals surface area (Å²) in [4.78, 5) is 25.5. The Morgan fingerprint density at radius 2 is 1.61 bits per heavy atom. The summed E-state index contributed by atoms with van der Waals surface area (Å²) in [5.41, 5.74) is 0.592. The van der Waals surface area contributed by atoms with Gasteiger partial charge in [-0.15, -0.1) is 10.2 Å². The summed E-state index contributed by atoms with van der Waals surface area (Å²) in [6, 6.07) is 7.23. The van der Waals surface area contributed by atoms with Gasteiger partial charge in [-0.1, -0.05) is 83.6 Å². The minimum atomic E-state index is -0.452. The van der Waals surface area contributed by atoms with Gasteiger partial charge in [-0.3, -0.25) is 9.59 Å². The lowest BCUT2D eigenvalue weighted by molar-refractivity contribution is -0.113. The summed E-state index contributed by atoms with van der Waals surface area (Å²) in [6.45, 7) is 6.38. The third-order valence-electron chi connectivity index (χ3n) is 5.07. The first-order valence-corrected chi connectivity index (χ1v) is 13.7. The highest BCUT2D eigenvalue weighted by atomic mass is 35.5. The van der Waals surface area contributed by atoms with E-state index in [1.165, 1.54) is 30.0 Å². The highest BCUT2D eigenvalue weighted by Gasteiger charge is 2.27. The third-order valence-corrected chi connectivity index (χ3v) is 7.40. The Morgan fingerprint density at radius 1 is 0.972 bits per heavy atom. The van der Waals surface area contributed by atoms with Crippen LogP contribution in [0.25, 0.3) is 0 Å². The van der Waals surface area contributed by atoms with Crippen molar-refractivity contribution < 1.29 is 9.59 Å². The Balaban J connectivity index is 1.75. The third kappa shape index (κ3) is 7.00. The van der Waals surface area contributed by atoms with E-state index in [1.54, 1.807) is 12.1 Å². The number of carbonyl (C=O) groups excluding carboxylic acids is 2. The van der Waals surface area contributed by atoms with Gasteiger partial charge in [0.15, 0.2) is 11.0 Å². The average molecular weight is 610 g/mol. The van der Waals surface area contributed by atoms with Gasteiger partial charge in [0.25, 0.3) is 5.91 Å². The molecule has 0 aliphatic carbocycles. The maximum atomic E-state index is 13.0. The van der Waals surface area contributed by atoms with Gasteiger partial charge in [0, 0.05) is 16.6 Å². The lowest BCUT2D eigenvalue weighted by Gasteiger charge is -2.22. The Kier molecular flexibility index (Phi) is 10.2. The van der Waals surface area contributed by atoms with Gasteiger partial charge in [0.1, 0.15) is 0 Å². The number of aromatic nitrogens is 3. The van der Waals surface area contributed by atoms with E-state index in [1.807, 2.05) is 25.3 Å². The number of nitrogens with one attached hydrogen (secondary N) is 2. The van der Waals surface area contributed by atoms with Crippen LogP contribution in [-0.2, 0) is 11.3 Å². The van der Waals surface area contributed by atoms with Gasteiger partial charge in [-0.2, -0.15) is 0 Å². The van der Waals surface area contributed by atoms with Crippen molar-refractivity contribution in [1.82, 2.24) is 20.1 Å². The first-order valence-electron chi connectivity index (χ1n) is 10.8. The molecule has 0 saturated carbocycles. The molecule has 3 rings (SSSR count). The summed E-state index contributed by atoms with van der Waals surface area (Å²) in [7, 11) is 0.